The maximum Gasteiger partial charge on any atom is 0.197 e. The highest BCUT2D eigenvalue weighted by Gasteiger charge is 2.11. The van der Waals surface area contributed by atoms with Crippen molar-refractivity contribution in [1.82, 2.24) is 9.88 Å². The van der Waals surface area contributed by atoms with Gasteiger partial charge in [-0.15, -0.1) is 0 Å². The highest BCUT2D eigenvalue weighted by Crippen LogP contribution is 2.20. The molecule has 0 aliphatic heterocycles. The van der Waals surface area contributed by atoms with Gasteiger partial charge in [0, 0.05) is 17.3 Å². The molecule has 0 saturated carbocycles. The molecule has 0 aliphatic carbocycles. The highest BCUT2D eigenvalue weighted by atomic mass is 16.1. The minimum atomic E-state index is 0.124. The van der Waals surface area contributed by atoms with Gasteiger partial charge in [-0.2, -0.15) is 0 Å². The summed E-state index contributed by atoms with van der Waals surface area (Å²) in [6, 6.07) is 15.8. The third kappa shape index (κ3) is 2.45. The lowest BCUT2D eigenvalue weighted by molar-refractivity contribution is 0.476. The summed E-state index contributed by atoms with van der Waals surface area (Å²) in [6.07, 6.45) is 0. The summed E-state index contributed by atoms with van der Waals surface area (Å²) in [5, 5.41) is 4.82. The summed E-state index contributed by atoms with van der Waals surface area (Å²) in [5.41, 5.74) is 2.16. The van der Waals surface area contributed by atoms with E-state index in [1.807, 2.05) is 55.6 Å². The van der Waals surface area contributed by atoms with Crippen molar-refractivity contribution < 1.29 is 0 Å². The second-order valence-electron chi connectivity index (χ2n) is 5.64. The van der Waals surface area contributed by atoms with Crippen molar-refractivity contribution in [2.75, 3.05) is 13.6 Å². The van der Waals surface area contributed by atoms with Crippen LogP contribution < -0.4 is 10.7 Å². The van der Waals surface area contributed by atoms with E-state index in [0.29, 0.717) is 5.92 Å². The van der Waals surface area contributed by atoms with Gasteiger partial charge in [-0.3, -0.25) is 4.79 Å². The summed E-state index contributed by atoms with van der Waals surface area (Å²) < 4.78 is 2.27. The Morgan fingerprint density at radius 2 is 1.52 bits per heavy atom. The van der Waals surface area contributed by atoms with E-state index < -0.39 is 0 Å². The van der Waals surface area contributed by atoms with Crippen LogP contribution in [-0.2, 0) is 6.54 Å². The third-order valence-electron chi connectivity index (χ3n) is 3.93. The van der Waals surface area contributed by atoms with Crippen LogP contribution in [0, 0.1) is 5.92 Å². The standard InChI is InChI=1S/C18H20N2O/c1-13(11-19-2)12-20-16-9-5-3-7-14(16)18(21)15-8-4-6-10-17(15)20/h3-10,13,19H,11-12H2,1-2H3. The number of nitrogens with one attached hydrogen (secondary N) is 1. The fourth-order valence-electron chi connectivity index (χ4n) is 3.00. The zero-order valence-electron chi connectivity index (χ0n) is 12.5. The molecule has 3 nitrogen and oxygen atoms in total. The smallest absolute Gasteiger partial charge is 0.197 e. The van der Waals surface area contributed by atoms with Gasteiger partial charge in [0.2, 0.25) is 0 Å². The minimum absolute atomic E-state index is 0.124. The van der Waals surface area contributed by atoms with E-state index >= 15 is 0 Å². The second-order valence-corrected chi connectivity index (χ2v) is 5.64. The molecule has 1 heterocycles. The van der Waals surface area contributed by atoms with Gasteiger partial charge < -0.3 is 9.88 Å². The van der Waals surface area contributed by atoms with Crippen LogP contribution in [0.3, 0.4) is 0 Å². The van der Waals surface area contributed by atoms with Gasteiger partial charge in [-0.1, -0.05) is 31.2 Å². The van der Waals surface area contributed by atoms with Crippen molar-refractivity contribution in [1.29, 1.82) is 0 Å². The zero-order chi connectivity index (χ0) is 14.8. The van der Waals surface area contributed by atoms with E-state index in [-0.39, 0.29) is 5.43 Å². The van der Waals surface area contributed by atoms with Gasteiger partial charge in [-0.05, 0) is 43.8 Å². The van der Waals surface area contributed by atoms with Crippen LogP contribution in [0.4, 0.5) is 0 Å². The summed E-state index contributed by atoms with van der Waals surface area (Å²) >= 11 is 0. The maximum atomic E-state index is 12.6. The molecule has 108 valence electrons. The quantitative estimate of drug-likeness (QED) is 0.745. The molecule has 1 N–H and O–H groups in total. The lowest BCUT2D eigenvalue weighted by Gasteiger charge is -2.19. The Kier molecular flexibility index (Phi) is 3.76. The van der Waals surface area contributed by atoms with E-state index in [1.54, 1.807) is 0 Å². The summed E-state index contributed by atoms with van der Waals surface area (Å²) in [4.78, 5) is 12.6. The van der Waals surface area contributed by atoms with E-state index in [0.717, 1.165) is 34.9 Å². The van der Waals surface area contributed by atoms with Crippen LogP contribution in [0.5, 0.6) is 0 Å². The van der Waals surface area contributed by atoms with Crippen molar-refractivity contribution >= 4 is 21.8 Å². The summed E-state index contributed by atoms with van der Waals surface area (Å²) in [6.45, 7) is 4.06. The van der Waals surface area contributed by atoms with Gasteiger partial charge >= 0.3 is 0 Å². The number of hydrogen-bond acceptors (Lipinski definition) is 2. The monoisotopic (exact) mass is 280 g/mol. The van der Waals surface area contributed by atoms with Crippen molar-refractivity contribution in [3.63, 3.8) is 0 Å². The van der Waals surface area contributed by atoms with E-state index in [9.17, 15) is 4.79 Å². The molecule has 0 aliphatic rings. The number of aromatic nitrogens is 1. The molecule has 0 fully saturated rings. The summed E-state index contributed by atoms with van der Waals surface area (Å²) in [5.74, 6) is 0.490. The van der Waals surface area contributed by atoms with Crippen molar-refractivity contribution in [3.05, 3.63) is 58.8 Å². The first-order valence-electron chi connectivity index (χ1n) is 7.37. The molecular formula is C18H20N2O. The van der Waals surface area contributed by atoms with E-state index in [4.69, 9.17) is 0 Å². The molecule has 1 aromatic heterocycles. The Hall–Kier alpha value is -2.13. The normalized spacial score (nSPS) is 12.9. The first kappa shape index (κ1) is 13.8. The fourth-order valence-corrected chi connectivity index (χ4v) is 3.00. The Balaban J connectivity index is 2.32. The molecule has 3 heteroatoms. The molecule has 3 aromatic rings. The van der Waals surface area contributed by atoms with E-state index in [2.05, 4.69) is 16.8 Å². The van der Waals surface area contributed by atoms with Gasteiger partial charge in [0.1, 0.15) is 0 Å². The Morgan fingerprint density at radius 3 is 2.05 bits per heavy atom. The number of benzene rings is 2. The van der Waals surface area contributed by atoms with Crippen LogP contribution in [0.2, 0.25) is 0 Å². The first-order valence-corrected chi connectivity index (χ1v) is 7.37. The predicted molar refractivity (Wildman–Crippen MR) is 88.8 cm³/mol. The SMILES string of the molecule is CNCC(C)Cn1c2ccccc2c(=O)c2ccccc21. The molecule has 0 spiro atoms. The molecule has 2 aromatic carbocycles. The molecule has 1 atom stereocenters. The number of pyridine rings is 1. The summed E-state index contributed by atoms with van der Waals surface area (Å²) in [7, 11) is 1.97. The third-order valence-corrected chi connectivity index (χ3v) is 3.93. The average molecular weight is 280 g/mol. The average Bonchev–Trinajstić information content (AvgIpc) is 2.52. The predicted octanol–water partition coefficient (Wildman–Crippen LogP) is 3.01. The van der Waals surface area contributed by atoms with Crippen LogP contribution >= 0.6 is 0 Å². The van der Waals surface area contributed by atoms with Gasteiger partial charge in [0.25, 0.3) is 0 Å². The molecule has 21 heavy (non-hydrogen) atoms. The van der Waals surface area contributed by atoms with Gasteiger partial charge in [-0.25, -0.2) is 0 Å². The van der Waals surface area contributed by atoms with Crippen molar-refractivity contribution in [2.24, 2.45) is 5.92 Å². The second kappa shape index (κ2) is 5.70. The molecule has 0 amide bonds. The van der Waals surface area contributed by atoms with Crippen LogP contribution in [0.1, 0.15) is 6.92 Å². The highest BCUT2D eigenvalue weighted by molar-refractivity contribution is 5.93. The van der Waals surface area contributed by atoms with Gasteiger partial charge in [0.15, 0.2) is 5.43 Å². The molecule has 1 unspecified atom stereocenters. The lowest BCUT2D eigenvalue weighted by Crippen LogP contribution is -2.22. The lowest BCUT2D eigenvalue weighted by atomic mass is 10.1. The number of rotatable bonds is 4. The zero-order valence-corrected chi connectivity index (χ0v) is 12.5. The topological polar surface area (TPSA) is 34.0 Å². The number of fused-ring (bicyclic) bond motifs is 2. The Labute approximate surface area is 124 Å². The molecule has 0 radical (unpaired) electrons. The number of nitrogens with zero attached hydrogens (tertiary/aromatic N) is 1. The van der Waals surface area contributed by atoms with Crippen LogP contribution in [-0.4, -0.2) is 18.2 Å². The maximum absolute atomic E-state index is 12.6. The largest absolute Gasteiger partial charge is 0.340 e. The van der Waals surface area contributed by atoms with E-state index in [1.165, 1.54) is 0 Å². The van der Waals surface area contributed by atoms with Crippen molar-refractivity contribution in [2.45, 2.75) is 13.5 Å². The Bertz CT molecular complexity index is 775. The molecule has 3 rings (SSSR count). The Morgan fingerprint density at radius 1 is 1.00 bits per heavy atom. The van der Waals surface area contributed by atoms with Crippen LogP contribution in [0.25, 0.3) is 21.8 Å². The minimum Gasteiger partial charge on any atom is -0.340 e. The van der Waals surface area contributed by atoms with Gasteiger partial charge in [0.05, 0.1) is 11.0 Å². The number of hydrogen-bond donors (Lipinski definition) is 1. The fraction of sp³-hybridized carbons (Fsp3) is 0.278. The van der Waals surface area contributed by atoms with Crippen LogP contribution in [0.15, 0.2) is 53.3 Å². The number of para-hydroxylation sites is 2. The first-order chi connectivity index (χ1) is 10.2. The van der Waals surface area contributed by atoms with Crippen molar-refractivity contribution in [3.8, 4) is 0 Å². The molecule has 0 saturated heterocycles. The molecular weight excluding hydrogens is 260 g/mol. The molecule has 0 bridgehead atoms.